The molecule has 0 fully saturated rings. The van der Waals surface area contributed by atoms with Gasteiger partial charge in [-0.2, -0.15) is 0 Å². The summed E-state index contributed by atoms with van der Waals surface area (Å²) in [5.41, 5.74) is 4.51. The highest BCUT2D eigenvalue weighted by Crippen LogP contribution is 2.20. The van der Waals surface area contributed by atoms with Gasteiger partial charge >= 0.3 is 5.97 Å². The largest absolute Gasteiger partial charge is 0.391 e. The van der Waals surface area contributed by atoms with Crippen LogP contribution >= 0.6 is 12.9 Å². The first-order valence-corrected chi connectivity index (χ1v) is 6.26. The summed E-state index contributed by atoms with van der Waals surface area (Å²) in [6.07, 6.45) is 3.03. The van der Waals surface area contributed by atoms with E-state index in [-0.39, 0.29) is 0 Å². The van der Waals surface area contributed by atoms with Crippen LogP contribution in [0.15, 0.2) is 54.6 Å². The summed E-state index contributed by atoms with van der Waals surface area (Å²) in [5, 5.41) is 0. The Balaban J connectivity index is 2.16. The number of carbonyl (C=O) groups is 1. The predicted molar refractivity (Wildman–Crippen MR) is 80.7 cm³/mol. The second-order valence-electron chi connectivity index (χ2n) is 4.23. The maximum atomic E-state index is 10.9. The van der Waals surface area contributed by atoms with Gasteiger partial charge in [0.05, 0.1) is 0 Å². The molecular formula is C16H14O2S. The minimum atomic E-state index is -0.481. The molecule has 0 aliphatic rings. The van der Waals surface area contributed by atoms with Crippen LogP contribution in [0.3, 0.4) is 0 Å². The molecule has 0 N–H and O–H groups in total. The van der Waals surface area contributed by atoms with Gasteiger partial charge in [0.25, 0.3) is 0 Å². The molecule has 3 heteroatoms. The molecular weight excluding hydrogens is 256 g/mol. The van der Waals surface area contributed by atoms with Crippen LogP contribution in [0.4, 0.5) is 0 Å². The highest BCUT2D eigenvalue weighted by molar-refractivity contribution is 7.75. The quantitative estimate of drug-likeness (QED) is 0.517. The average Bonchev–Trinajstić information content (AvgIpc) is 2.46. The molecule has 0 atom stereocenters. The van der Waals surface area contributed by atoms with Crippen molar-refractivity contribution in [2.45, 2.75) is 6.92 Å². The number of aryl methyl sites for hydroxylation is 1. The zero-order valence-corrected chi connectivity index (χ0v) is 11.4. The summed E-state index contributed by atoms with van der Waals surface area (Å²) in [5.74, 6) is -0.481. The monoisotopic (exact) mass is 270 g/mol. The van der Waals surface area contributed by atoms with Crippen molar-refractivity contribution in [1.29, 1.82) is 0 Å². The molecule has 0 aromatic heterocycles. The number of carbonyl (C=O) groups excluding carboxylic acids is 1. The summed E-state index contributed by atoms with van der Waals surface area (Å²) >= 11 is 3.43. The minimum absolute atomic E-state index is 0.481. The number of rotatable bonds is 3. The lowest BCUT2D eigenvalue weighted by Crippen LogP contribution is -1.88. The molecule has 0 amide bonds. The van der Waals surface area contributed by atoms with E-state index in [1.807, 2.05) is 24.3 Å². The number of benzene rings is 2. The van der Waals surface area contributed by atoms with Gasteiger partial charge in [-0.25, -0.2) is 4.79 Å². The van der Waals surface area contributed by atoms with Gasteiger partial charge in [0.15, 0.2) is 0 Å². The van der Waals surface area contributed by atoms with Crippen molar-refractivity contribution in [2.24, 2.45) is 0 Å². The Bertz CT molecular complexity index is 583. The summed E-state index contributed by atoms with van der Waals surface area (Å²) in [7, 11) is 0. The summed E-state index contributed by atoms with van der Waals surface area (Å²) in [6, 6.07) is 16.3. The van der Waals surface area contributed by atoms with Crippen molar-refractivity contribution in [3.63, 3.8) is 0 Å². The molecule has 19 heavy (non-hydrogen) atoms. The maximum absolute atomic E-state index is 10.9. The normalized spacial score (nSPS) is 10.6. The zero-order chi connectivity index (χ0) is 13.7. The average molecular weight is 270 g/mol. The molecule has 0 bridgehead atoms. The topological polar surface area (TPSA) is 26.3 Å². The van der Waals surface area contributed by atoms with E-state index in [9.17, 15) is 4.79 Å². The molecule has 0 saturated heterocycles. The van der Waals surface area contributed by atoms with E-state index in [2.05, 4.69) is 48.3 Å². The van der Waals surface area contributed by atoms with Gasteiger partial charge in [0.2, 0.25) is 0 Å². The number of hydrogen-bond donors (Lipinski definition) is 1. The SMILES string of the molecule is Cc1ccc(-c2ccc(/C=C/C(=O)OS)cc2)cc1. The first kappa shape index (κ1) is 13.4. The van der Waals surface area contributed by atoms with Crippen molar-refractivity contribution in [3.05, 3.63) is 65.7 Å². The van der Waals surface area contributed by atoms with Crippen LogP contribution in [-0.2, 0) is 8.98 Å². The Hall–Kier alpha value is -2.00. The van der Waals surface area contributed by atoms with E-state index in [0.29, 0.717) is 0 Å². The van der Waals surface area contributed by atoms with Crippen LogP contribution < -0.4 is 0 Å². The lowest BCUT2D eigenvalue weighted by molar-refractivity contribution is -0.127. The fourth-order valence-electron chi connectivity index (χ4n) is 1.73. The smallest absolute Gasteiger partial charge is 0.342 e. The maximum Gasteiger partial charge on any atom is 0.342 e. The molecule has 2 nitrogen and oxygen atoms in total. The summed E-state index contributed by atoms with van der Waals surface area (Å²) in [4.78, 5) is 10.9. The summed E-state index contributed by atoms with van der Waals surface area (Å²) < 4.78 is 4.24. The molecule has 0 heterocycles. The van der Waals surface area contributed by atoms with Crippen LogP contribution in [-0.4, -0.2) is 5.97 Å². The fraction of sp³-hybridized carbons (Fsp3) is 0.0625. The Morgan fingerprint density at radius 1 is 1.00 bits per heavy atom. The van der Waals surface area contributed by atoms with Gasteiger partial charge in [-0.15, -0.1) is 0 Å². The molecule has 0 aliphatic heterocycles. The van der Waals surface area contributed by atoms with Gasteiger partial charge in [-0.1, -0.05) is 54.1 Å². The molecule has 2 aromatic rings. The van der Waals surface area contributed by atoms with Crippen LogP contribution in [0.5, 0.6) is 0 Å². The lowest BCUT2D eigenvalue weighted by atomic mass is 10.0. The molecule has 0 radical (unpaired) electrons. The standard InChI is InChI=1S/C16H14O2S/c1-12-2-7-14(8-3-12)15-9-4-13(5-10-15)6-11-16(17)18-19/h2-11,19H,1H3/b11-6+. The van der Waals surface area contributed by atoms with Gasteiger partial charge in [0, 0.05) is 19.0 Å². The molecule has 0 unspecified atom stereocenters. The third-order valence-corrected chi connectivity index (χ3v) is 2.98. The van der Waals surface area contributed by atoms with Crippen LogP contribution in [0.25, 0.3) is 17.2 Å². The number of hydrogen-bond acceptors (Lipinski definition) is 3. The molecule has 0 saturated carbocycles. The highest BCUT2D eigenvalue weighted by Gasteiger charge is 1.97. The van der Waals surface area contributed by atoms with Gasteiger partial charge < -0.3 is 4.18 Å². The van der Waals surface area contributed by atoms with E-state index >= 15 is 0 Å². The number of thiol groups is 1. The van der Waals surface area contributed by atoms with E-state index in [1.54, 1.807) is 6.08 Å². The summed E-state index contributed by atoms with van der Waals surface area (Å²) in [6.45, 7) is 2.07. The van der Waals surface area contributed by atoms with Crippen LogP contribution in [0, 0.1) is 6.92 Å². The first-order valence-electron chi connectivity index (χ1n) is 5.89. The molecule has 2 rings (SSSR count). The van der Waals surface area contributed by atoms with Gasteiger partial charge in [-0.05, 0) is 29.7 Å². The third kappa shape index (κ3) is 3.73. The van der Waals surface area contributed by atoms with Crippen molar-refractivity contribution in [2.75, 3.05) is 0 Å². The van der Waals surface area contributed by atoms with Crippen molar-refractivity contribution >= 4 is 25.0 Å². The van der Waals surface area contributed by atoms with E-state index in [0.717, 1.165) is 11.1 Å². The van der Waals surface area contributed by atoms with Gasteiger partial charge in [0.1, 0.15) is 0 Å². The minimum Gasteiger partial charge on any atom is -0.391 e. The van der Waals surface area contributed by atoms with E-state index < -0.39 is 5.97 Å². The van der Waals surface area contributed by atoms with E-state index in [4.69, 9.17) is 0 Å². The van der Waals surface area contributed by atoms with Crippen LogP contribution in [0.2, 0.25) is 0 Å². The van der Waals surface area contributed by atoms with Crippen molar-refractivity contribution in [1.82, 2.24) is 0 Å². The molecule has 96 valence electrons. The molecule has 0 aliphatic carbocycles. The fourth-order valence-corrected chi connectivity index (χ4v) is 1.79. The Morgan fingerprint density at radius 2 is 1.53 bits per heavy atom. The zero-order valence-electron chi connectivity index (χ0n) is 10.5. The van der Waals surface area contributed by atoms with Gasteiger partial charge in [-0.3, -0.25) is 0 Å². The Kier molecular flexibility index (Phi) is 4.42. The predicted octanol–water partition coefficient (Wildman–Crippen LogP) is 4.06. The Labute approximate surface area is 118 Å². The van der Waals surface area contributed by atoms with Crippen molar-refractivity contribution < 1.29 is 8.98 Å². The Morgan fingerprint density at radius 3 is 2.05 bits per heavy atom. The highest BCUT2D eigenvalue weighted by atomic mass is 32.1. The molecule has 2 aromatic carbocycles. The first-order chi connectivity index (χ1) is 9.19. The second kappa shape index (κ2) is 6.25. The molecule has 0 spiro atoms. The third-order valence-electron chi connectivity index (χ3n) is 2.80. The van der Waals surface area contributed by atoms with Crippen molar-refractivity contribution in [3.8, 4) is 11.1 Å². The van der Waals surface area contributed by atoms with Crippen LogP contribution in [0.1, 0.15) is 11.1 Å². The lowest BCUT2D eigenvalue weighted by Gasteiger charge is -2.02. The second-order valence-corrected chi connectivity index (χ2v) is 4.41. The van der Waals surface area contributed by atoms with E-state index in [1.165, 1.54) is 17.2 Å².